The van der Waals surface area contributed by atoms with E-state index >= 15 is 0 Å². The van der Waals surface area contributed by atoms with E-state index in [-0.39, 0.29) is 23.6 Å². The number of rotatable bonds is 4. The Labute approximate surface area is 118 Å². The van der Waals surface area contributed by atoms with Crippen LogP contribution in [-0.4, -0.2) is 35.0 Å². The standard InChI is InChI=1S/C16H20FNO2/c17-14-4-2-1-3-13(14)15(16(20)11-5-6-11)18-9-7-12(19)8-10-18/h1-4,11-12,15,19H,5-10H2. The maximum absolute atomic E-state index is 14.1. The van der Waals surface area contributed by atoms with Crippen LogP contribution >= 0.6 is 0 Å². The number of benzene rings is 1. The fourth-order valence-electron chi connectivity index (χ4n) is 2.96. The number of aliphatic hydroxyl groups excluding tert-OH is 1. The smallest absolute Gasteiger partial charge is 0.157 e. The second-order valence-electron chi connectivity index (χ2n) is 5.87. The fourth-order valence-corrected chi connectivity index (χ4v) is 2.96. The molecule has 0 spiro atoms. The van der Waals surface area contributed by atoms with E-state index < -0.39 is 6.04 Å². The van der Waals surface area contributed by atoms with E-state index in [1.807, 2.05) is 4.90 Å². The molecule has 1 saturated carbocycles. The van der Waals surface area contributed by atoms with Crippen LogP contribution in [0.5, 0.6) is 0 Å². The number of carbonyl (C=O) groups excluding carboxylic acids is 1. The number of halogens is 1. The summed E-state index contributed by atoms with van der Waals surface area (Å²) in [4.78, 5) is 14.6. The van der Waals surface area contributed by atoms with Crippen LogP contribution in [0.4, 0.5) is 4.39 Å². The Kier molecular flexibility index (Phi) is 3.85. The van der Waals surface area contributed by atoms with Crippen LogP contribution in [0, 0.1) is 11.7 Å². The number of likely N-dealkylation sites (tertiary alicyclic amines) is 1. The highest BCUT2D eigenvalue weighted by atomic mass is 19.1. The molecule has 1 aliphatic heterocycles. The van der Waals surface area contributed by atoms with Gasteiger partial charge in [-0.25, -0.2) is 4.39 Å². The van der Waals surface area contributed by atoms with E-state index in [9.17, 15) is 14.3 Å². The quantitative estimate of drug-likeness (QED) is 0.918. The summed E-state index contributed by atoms with van der Waals surface area (Å²) >= 11 is 0. The first-order valence-corrected chi connectivity index (χ1v) is 7.37. The summed E-state index contributed by atoms with van der Waals surface area (Å²) in [6.45, 7) is 1.30. The molecule has 4 heteroatoms. The molecule has 1 aliphatic carbocycles. The lowest BCUT2D eigenvalue weighted by molar-refractivity contribution is -0.126. The lowest BCUT2D eigenvalue weighted by atomic mass is 9.95. The Morgan fingerprint density at radius 2 is 1.85 bits per heavy atom. The normalized spacial score (nSPS) is 22.7. The Hall–Kier alpha value is -1.26. The van der Waals surface area contributed by atoms with Gasteiger partial charge in [-0.15, -0.1) is 0 Å². The number of hydrogen-bond acceptors (Lipinski definition) is 3. The van der Waals surface area contributed by atoms with Crippen molar-refractivity contribution in [2.75, 3.05) is 13.1 Å². The van der Waals surface area contributed by atoms with Gasteiger partial charge in [0.15, 0.2) is 5.78 Å². The Bertz CT molecular complexity index is 493. The zero-order valence-electron chi connectivity index (χ0n) is 11.5. The minimum absolute atomic E-state index is 0.103. The van der Waals surface area contributed by atoms with E-state index in [2.05, 4.69) is 0 Å². The van der Waals surface area contributed by atoms with E-state index in [4.69, 9.17) is 0 Å². The first kappa shape index (κ1) is 13.7. The second-order valence-corrected chi connectivity index (χ2v) is 5.87. The summed E-state index contributed by atoms with van der Waals surface area (Å²) in [7, 11) is 0. The monoisotopic (exact) mass is 277 g/mol. The summed E-state index contributed by atoms with van der Waals surface area (Å²) in [5, 5.41) is 9.61. The molecule has 1 aromatic carbocycles. The van der Waals surface area contributed by atoms with Crippen LogP contribution in [0.2, 0.25) is 0 Å². The third-order valence-electron chi connectivity index (χ3n) is 4.31. The van der Waals surface area contributed by atoms with Crippen molar-refractivity contribution in [2.24, 2.45) is 5.92 Å². The molecule has 108 valence electrons. The van der Waals surface area contributed by atoms with Gasteiger partial charge in [-0.05, 0) is 31.7 Å². The topological polar surface area (TPSA) is 40.5 Å². The third-order valence-corrected chi connectivity index (χ3v) is 4.31. The number of ketones is 1. The van der Waals surface area contributed by atoms with Crippen molar-refractivity contribution in [2.45, 2.75) is 37.8 Å². The summed E-state index contributed by atoms with van der Waals surface area (Å²) < 4.78 is 14.1. The number of aliphatic hydroxyl groups is 1. The van der Waals surface area contributed by atoms with Crippen molar-refractivity contribution in [1.82, 2.24) is 4.90 Å². The minimum Gasteiger partial charge on any atom is -0.393 e. The first-order valence-electron chi connectivity index (χ1n) is 7.37. The molecule has 0 amide bonds. The summed E-state index contributed by atoms with van der Waals surface area (Å²) in [5.74, 6) is -0.0597. The van der Waals surface area contributed by atoms with Crippen LogP contribution in [-0.2, 0) is 4.79 Å². The van der Waals surface area contributed by atoms with Crippen LogP contribution in [0.25, 0.3) is 0 Å². The van der Waals surface area contributed by atoms with Gasteiger partial charge in [0.25, 0.3) is 0 Å². The average molecular weight is 277 g/mol. The van der Waals surface area contributed by atoms with E-state index in [1.54, 1.807) is 18.2 Å². The highest BCUT2D eigenvalue weighted by molar-refractivity contribution is 5.89. The molecule has 1 unspecified atom stereocenters. The number of nitrogens with zero attached hydrogens (tertiary/aromatic N) is 1. The van der Waals surface area contributed by atoms with Gasteiger partial charge < -0.3 is 5.11 Å². The average Bonchev–Trinajstić information content (AvgIpc) is 3.27. The number of carbonyl (C=O) groups is 1. The lowest BCUT2D eigenvalue weighted by Gasteiger charge is -2.35. The van der Waals surface area contributed by atoms with Gasteiger partial charge in [0.2, 0.25) is 0 Å². The molecular weight excluding hydrogens is 257 g/mol. The van der Waals surface area contributed by atoms with E-state index in [1.165, 1.54) is 6.07 Å². The molecule has 0 aromatic heterocycles. The molecule has 2 fully saturated rings. The van der Waals surface area contributed by atoms with Crippen LogP contribution in [0.15, 0.2) is 24.3 Å². The highest BCUT2D eigenvalue weighted by Crippen LogP contribution is 2.38. The van der Waals surface area contributed by atoms with Crippen molar-refractivity contribution in [3.8, 4) is 0 Å². The predicted molar refractivity (Wildman–Crippen MR) is 73.7 cm³/mol. The molecule has 3 rings (SSSR count). The SMILES string of the molecule is O=C(C1CC1)C(c1ccccc1F)N1CCC(O)CC1. The molecule has 1 aromatic rings. The van der Waals surface area contributed by atoms with Gasteiger partial charge in [0, 0.05) is 24.6 Å². The fraction of sp³-hybridized carbons (Fsp3) is 0.562. The molecule has 2 aliphatic rings. The van der Waals surface area contributed by atoms with Gasteiger partial charge >= 0.3 is 0 Å². The van der Waals surface area contributed by atoms with Gasteiger partial charge in [-0.2, -0.15) is 0 Å². The highest BCUT2D eigenvalue weighted by Gasteiger charge is 2.40. The molecule has 1 heterocycles. The van der Waals surface area contributed by atoms with Crippen LogP contribution < -0.4 is 0 Å². The second kappa shape index (κ2) is 5.62. The molecule has 20 heavy (non-hydrogen) atoms. The Balaban J connectivity index is 1.87. The van der Waals surface area contributed by atoms with Gasteiger partial charge in [-0.3, -0.25) is 9.69 Å². The molecular formula is C16H20FNO2. The maximum atomic E-state index is 14.1. The molecule has 3 nitrogen and oxygen atoms in total. The van der Waals surface area contributed by atoms with Crippen molar-refractivity contribution in [3.05, 3.63) is 35.6 Å². The third kappa shape index (κ3) is 2.76. The van der Waals surface area contributed by atoms with Crippen molar-refractivity contribution >= 4 is 5.78 Å². The number of Topliss-reactive ketones (excluding diaryl/α,β-unsaturated/α-hetero) is 1. The van der Waals surface area contributed by atoms with E-state index in [0.717, 1.165) is 12.8 Å². The van der Waals surface area contributed by atoms with Gasteiger partial charge in [0.05, 0.1) is 12.1 Å². The lowest BCUT2D eigenvalue weighted by Crippen LogP contribution is -2.42. The first-order chi connectivity index (χ1) is 9.66. The molecule has 1 N–H and O–H groups in total. The van der Waals surface area contributed by atoms with Crippen molar-refractivity contribution in [1.29, 1.82) is 0 Å². The molecule has 1 saturated heterocycles. The summed E-state index contributed by atoms with van der Waals surface area (Å²) in [6, 6.07) is 6.09. The van der Waals surface area contributed by atoms with Gasteiger partial charge in [0.1, 0.15) is 5.82 Å². The minimum atomic E-state index is -0.476. The predicted octanol–water partition coefficient (Wildman–Crippen LogP) is 2.30. The molecule has 1 atom stereocenters. The van der Waals surface area contributed by atoms with Crippen LogP contribution in [0.1, 0.15) is 37.3 Å². The number of piperidine rings is 1. The zero-order chi connectivity index (χ0) is 14.1. The Morgan fingerprint density at radius 1 is 1.20 bits per heavy atom. The van der Waals surface area contributed by atoms with Crippen molar-refractivity contribution in [3.63, 3.8) is 0 Å². The number of hydrogen-bond donors (Lipinski definition) is 1. The summed E-state index contributed by atoms with van der Waals surface area (Å²) in [6.07, 6.45) is 2.88. The molecule has 0 radical (unpaired) electrons. The Morgan fingerprint density at radius 3 is 2.45 bits per heavy atom. The summed E-state index contributed by atoms with van der Waals surface area (Å²) in [5.41, 5.74) is 0.487. The van der Waals surface area contributed by atoms with Crippen LogP contribution in [0.3, 0.4) is 0 Å². The molecule has 0 bridgehead atoms. The zero-order valence-corrected chi connectivity index (χ0v) is 11.5. The van der Waals surface area contributed by atoms with E-state index in [0.29, 0.717) is 31.5 Å². The van der Waals surface area contributed by atoms with Crippen molar-refractivity contribution < 1.29 is 14.3 Å². The van der Waals surface area contributed by atoms with Gasteiger partial charge in [-0.1, -0.05) is 18.2 Å². The maximum Gasteiger partial charge on any atom is 0.157 e. The largest absolute Gasteiger partial charge is 0.393 e.